The first-order valence-corrected chi connectivity index (χ1v) is 9.12. The second-order valence-corrected chi connectivity index (χ2v) is 6.77. The molecule has 0 amide bonds. The number of alkyl halides is 1. The summed E-state index contributed by atoms with van der Waals surface area (Å²) in [5, 5.41) is 27.4. The van der Waals surface area contributed by atoms with Crippen LogP contribution >= 0.6 is 23.4 Å². The summed E-state index contributed by atoms with van der Waals surface area (Å²) in [4.78, 5) is 2.09. The van der Waals surface area contributed by atoms with Crippen molar-refractivity contribution in [2.24, 2.45) is 0 Å². The van der Waals surface area contributed by atoms with E-state index in [0.717, 1.165) is 9.79 Å². The maximum Gasteiger partial charge on any atom is 0.119 e. The summed E-state index contributed by atoms with van der Waals surface area (Å²) in [6, 6.07) is 15.0. The van der Waals surface area contributed by atoms with Crippen LogP contribution in [0.2, 0.25) is 0 Å². The molecule has 0 aliphatic rings. The van der Waals surface area contributed by atoms with Crippen molar-refractivity contribution in [1.29, 1.82) is 0 Å². The highest BCUT2D eigenvalue weighted by atomic mass is 35.5. The molecule has 136 valence electrons. The highest BCUT2D eigenvalue weighted by Gasteiger charge is 2.05. The maximum atomic E-state index is 9.38. The molecule has 0 aliphatic heterocycles. The van der Waals surface area contributed by atoms with E-state index < -0.39 is 12.2 Å². The molecule has 7 heteroatoms. The molecule has 2 aromatic carbocycles. The van der Waals surface area contributed by atoms with Gasteiger partial charge in [0, 0.05) is 9.79 Å². The van der Waals surface area contributed by atoms with Gasteiger partial charge in [-0.15, -0.1) is 11.6 Å². The molecule has 2 atom stereocenters. The molecule has 25 heavy (non-hydrogen) atoms. The third kappa shape index (κ3) is 7.13. The number of halogens is 1. The van der Waals surface area contributed by atoms with E-state index in [2.05, 4.69) is 0 Å². The Morgan fingerprint density at radius 3 is 1.64 bits per heavy atom. The Kier molecular flexibility index (Phi) is 8.37. The van der Waals surface area contributed by atoms with Crippen molar-refractivity contribution < 1.29 is 24.8 Å². The van der Waals surface area contributed by atoms with E-state index in [-0.39, 0.29) is 25.7 Å². The zero-order valence-corrected chi connectivity index (χ0v) is 15.1. The molecule has 0 heterocycles. The molecule has 0 aromatic heterocycles. The Hall–Kier alpha value is -1.44. The topological polar surface area (TPSA) is 79.2 Å². The number of aliphatic hydroxyl groups is 3. The van der Waals surface area contributed by atoms with Crippen molar-refractivity contribution in [2.45, 2.75) is 22.0 Å². The lowest BCUT2D eigenvalue weighted by Crippen LogP contribution is -2.21. The average Bonchev–Trinajstić information content (AvgIpc) is 2.66. The van der Waals surface area contributed by atoms with Gasteiger partial charge in [0.05, 0.1) is 12.5 Å². The van der Waals surface area contributed by atoms with Crippen LogP contribution in [0.3, 0.4) is 0 Å². The zero-order valence-electron chi connectivity index (χ0n) is 13.5. The van der Waals surface area contributed by atoms with Gasteiger partial charge in [-0.3, -0.25) is 0 Å². The van der Waals surface area contributed by atoms with Crippen LogP contribution in [0.1, 0.15) is 0 Å². The number of ether oxygens (including phenoxy) is 2. The Balaban J connectivity index is 1.85. The van der Waals surface area contributed by atoms with Crippen molar-refractivity contribution in [3.05, 3.63) is 48.5 Å². The van der Waals surface area contributed by atoms with Gasteiger partial charge in [0.1, 0.15) is 36.9 Å². The molecule has 0 saturated carbocycles. The highest BCUT2D eigenvalue weighted by molar-refractivity contribution is 7.99. The fourth-order valence-corrected chi connectivity index (χ4v) is 2.73. The van der Waals surface area contributed by atoms with Crippen molar-refractivity contribution in [2.75, 3.05) is 25.7 Å². The van der Waals surface area contributed by atoms with Gasteiger partial charge in [-0.25, -0.2) is 0 Å². The molecule has 0 bridgehead atoms. The smallest absolute Gasteiger partial charge is 0.119 e. The lowest BCUT2D eigenvalue weighted by atomic mass is 10.3. The average molecular weight is 385 g/mol. The van der Waals surface area contributed by atoms with Crippen molar-refractivity contribution in [1.82, 2.24) is 0 Å². The number of aliphatic hydroxyl groups excluding tert-OH is 3. The molecule has 0 saturated heterocycles. The molecule has 2 unspecified atom stereocenters. The molecule has 2 aromatic rings. The fourth-order valence-electron chi connectivity index (χ4n) is 1.83. The quantitative estimate of drug-likeness (QED) is 0.546. The number of hydrogen-bond acceptors (Lipinski definition) is 6. The largest absolute Gasteiger partial charge is 0.491 e. The van der Waals surface area contributed by atoms with Gasteiger partial charge in [0.2, 0.25) is 0 Å². The molecule has 0 fully saturated rings. The first-order valence-electron chi connectivity index (χ1n) is 7.77. The van der Waals surface area contributed by atoms with Gasteiger partial charge in [-0.05, 0) is 48.5 Å². The van der Waals surface area contributed by atoms with Crippen molar-refractivity contribution in [3.63, 3.8) is 0 Å². The predicted octanol–water partition coefficient (Wildman–Crippen LogP) is 2.55. The van der Waals surface area contributed by atoms with Crippen LogP contribution in [0.4, 0.5) is 0 Å². The Bertz CT molecular complexity index is 565. The summed E-state index contributed by atoms with van der Waals surface area (Å²) in [7, 11) is 0. The Labute approximate surface area is 156 Å². The van der Waals surface area contributed by atoms with E-state index in [4.69, 9.17) is 26.2 Å². The van der Waals surface area contributed by atoms with E-state index >= 15 is 0 Å². The van der Waals surface area contributed by atoms with Gasteiger partial charge in [-0.2, -0.15) is 0 Å². The molecule has 0 radical (unpaired) electrons. The standard InChI is InChI=1S/C18H21ClO5S/c19-9-13(21)11-23-15-1-5-17(6-2-15)25-18-7-3-16(4-8-18)24-12-14(22)10-20/h1-8,13-14,20-22H,9-12H2. The molecular weight excluding hydrogens is 364 g/mol. The van der Waals surface area contributed by atoms with Gasteiger partial charge in [0.15, 0.2) is 0 Å². The van der Waals surface area contributed by atoms with E-state index in [1.165, 1.54) is 0 Å². The van der Waals surface area contributed by atoms with Crippen LogP contribution in [0.5, 0.6) is 11.5 Å². The second-order valence-electron chi connectivity index (χ2n) is 5.31. The van der Waals surface area contributed by atoms with E-state index in [1.807, 2.05) is 48.5 Å². The van der Waals surface area contributed by atoms with Gasteiger partial charge in [0.25, 0.3) is 0 Å². The fraction of sp³-hybridized carbons (Fsp3) is 0.333. The first-order chi connectivity index (χ1) is 12.1. The van der Waals surface area contributed by atoms with Crippen molar-refractivity contribution >= 4 is 23.4 Å². The van der Waals surface area contributed by atoms with Crippen LogP contribution in [0, 0.1) is 0 Å². The molecule has 3 N–H and O–H groups in total. The minimum absolute atomic E-state index is 0.0584. The SMILES string of the molecule is OCC(O)COc1ccc(Sc2ccc(OCC(O)CCl)cc2)cc1. The summed E-state index contributed by atoms with van der Waals surface area (Å²) in [6.45, 7) is -0.0935. The Morgan fingerprint density at radius 2 is 1.24 bits per heavy atom. The summed E-state index contributed by atoms with van der Waals surface area (Å²) in [5.74, 6) is 1.46. The molecule has 0 spiro atoms. The lowest BCUT2D eigenvalue weighted by Gasteiger charge is -2.11. The van der Waals surface area contributed by atoms with E-state index in [9.17, 15) is 10.2 Å². The normalized spacial score (nSPS) is 13.3. The molecule has 0 aliphatic carbocycles. The zero-order chi connectivity index (χ0) is 18.1. The Morgan fingerprint density at radius 1 is 0.800 bits per heavy atom. The van der Waals surface area contributed by atoms with Crippen LogP contribution in [-0.2, 0) is 0 Å². The van der Waals surface area contributed by atoms with Gasteiger partial charge >= 0.3 is 0 Å². The van der Waals surface area contributed by atoms with Crippen LogP contribution in [0.25, 0.3) is 0 Å². The minimum atomic E-state index is -0.875. The van der Waals surface area contributed by atoms with E-state index in [1.54, 1.807) is 11.8 Å². The third-order valence-electron chi connectivity index (χ3n) is 3.16. The maximum absolute atomic E-state index is 9.38. The summed E-state index contributed by atoms with van der Waals surface area (Å²) < 4.78 is 10.8. The predicted molar refractivity (Wildman–Crippen MR) is 97.8 cm³/mol. The van der Waals surface area contributed by atoms with Crippen molar-refractivity contribution in [3.8, 4) is 11.5 Å². The second kappa shape index (κ2) is 10.5. The summed E-state index contributed by atoms with van der Waals surface area (Å²) in [5.41, 5.74) is 0. The van der Waals surface area contributed by atoms with Crippen LogP contribution in [-0.4, -0.2) is 53.2 Å². The summed E-state index contributed by atoms with van der Waals surface area (Å²) in [6.07, 6.45) is -1.55. The monoisotopic (exact) mass is 384 g/mol. The molecular formula is C18H21ClO5S. The third-order valence-corrected chi connectivity index (χ3v) is 4.53. The highest BCUT2D eigenvalue weighted by Crippen LogP contribution is 2.30. The minimum Gasteiger partial charge on any atom is -0.491 e. The van der Waals surface area contributed by atoms with Crippen LogP contribution < -0.4 is 9.47 Å². The van der Waals surface area contributed by atoms with Gasteiger partial charge in [-0.1, -0.05) is 11.8 Å². The molecule has 2 rings (SSSR count). The van der Waals surface area contributed by atoms with Gasteiger partial charge < -0.3 is 24.8 Å². The molecule has 5 nitrogen and oxygen atoms in total. The number of rotatable bonds is 10. The van der Waals surface area contributed by atoms with Crippen LogP contribution in [0.15, 0.2) is 58.3 Å². The summed E-state index contributed by atoms with van der Waals surface area (Å²) >= 11 is 7.11. The number of hydrogen-bond donors (Lipinski definition) is 3. The lowest BCUT2D eigenvalue weighted by molar-refractivity contribution is 0.0536. The number of benzene rings is 2. The van der Waals surface area contributed by atoms with E-state index in [0.29, 0.717) is 11.5 Å². The first kappa shape index (κ1) is 19.9.